The fourth-order valence-corrected chi connectivity index (χ4v) is 6.98. The Morgan fingerprint density at radius 2 is 0.957 bits per heavy atom. The molecule has 0 saturated heterocycles. The molecule has 0 N–H and O–H groups in total. The van der Waals surface area contributed by atoms with Crippen LogP contribution in [0.25, 0.3) is 0 Å². The Bertz CT molecular complexity index is 200. The third-order valence-electron chi connectivity index (χ3n) is 5.13. The molecule has 0 aliphatic heterocycles. The van der Waals surface area contributed by atoms with Gasteiger partial charge in [0.1, 0.15) is 0 Å². The third-order valence-corrected chi connectivity index (χ3v) is 8.46. The average molecular weight is 343 g/mol. The van der Waals surface area contributed by atoms with Crippen molar-refractivity contribution in [2.45, 2.75) is 130 Å². The monoisotopic (exact) mass is 342 g/mol. The highest BCUT2D eigenvalue weighted by atomic mass is 31.1. The highest BCUT2D eigenvalue weighted by Crippen LogP contribution is 2.47. The van der Waals surface area contributed by atoms with Crippen molar-refractivity contribution in [3.05, 3.63) is 0 Å². The van der Waals surface area contributed by atoms with Crippen molar-refractivity contribution in [2.24, 2.45) is 0 Å². The van der Waals surface area contributed by atoms with Crippen LogP contribution < -0.4 is 0 Å². The minimum absolute atomic E-state index is 0.317. The molecular weight excluding hydrogens is 295 g/mol. The number of hydrogen-bond acceptors (Lipinski definition) is 0. The predicted molar refractivity (Wildman–Crippen MR) is 112 cm³/mol. The number of rotatable bonds is 18. The van der Waals surface area contributed by atoms with Crippen LogP contribution in [0.1, 0.15) is 124 Å². The number of unbranched alkanes of at least 4 members (excludes halogenated alkanes) is 9. The van der Waals surface area contributed by atoms with Crippen LogP contribution in [0.3, 0.4) is 0 Å². The first-order valence-electron chi connectivity index (χ1n) is 11.0. The maximum Gasteiger partial charge on any atom is -0.0209 e. The van der Waals surface area contributed by atoms with Crippen LogP contribution in [0.5, 0.6) is 0 Å². The van der Waals surface area contributed by atoms with E-state index in [9.17, 15) is 0 Å². The van der Waals surface area contributed by atoms with Crippen molar-refractivity contribution >= 4 is 7.92 Å². The lowest BCUT2D eigenvalue weighted by Gasteiger charge is -2.28. The van der Waals surface area contributed by atoms with Gasteiger partial charge in [0.2, 0.25) is 0 Å². The molecule has 0 aliphatic carbocycles. The third kappa shape index (κ3) is 14.5. The summed E-state index contributed by atoms with van der Waals surface area (Å²) in [5.74, 6) is 0. The molecule has 1 heteroatoms. The molecular formula is C22H47P. The minimum atomic E-state index is 0.317. The first-order valence-corrected chi connectivity index (χ1v) is 12.8. The zero-order valence-electron chi connectivity index (χ0n) is 17.0. The summed E-state index contributed by atoms with van der Waals surface area (Å²) < 4.78 is 0. The second kappa shape index (κ2) is 18.8. The molecule has 0 aromatic rings. The van der Waals surface area contributed by atoms with Gasteiger partial charge in [-0.1, -0.05) is 98.3 Å². The van der Waals surface area contributed by atoms with Gasteiger partial charge in [0.25, 0.3) is 0 Å². The minimum Gasteiger partial charge on any atom is -0.104 e. The fraction of sp³-hybridized carbons (Fsp3) is 1.00. The van der Waals surface area contributed by atoms with Crippen LogP contribution in [0.4, 0.5) is 0 Å². The summed E-state index contributed by atoms with van der Waals surface area (Å²) in [5.41, 5.74) is 1.09. The lowest BCUT2D eigenvalue weighted by atomic mass is 10.1. The Morgan fingerprint density at radius 3 is 1.39 bits per heavy atom. The van der Waals surface area contributed by atoms with E-state index in [0.717, 1.165) is 5.66 Å². The van der Waals surface area contributed by atoms with Gasteiger partial charge >= 0.3 is 0 Å². The molecule has 0 heterocycles. The maximum atomic E-state index is 2.40. The summed E-state index contributed by atoms with van der Waals surface area (Å²) in [6.07, 6.45) is 25.1. The molecule has 0 rings (SSSR count). The zero-order valence-corrected chi connectivity index (χ0v) is 17.9. The van der Waals surface area contributed by atoms with E-state index in [1.54, 1.807) is 12.3 Å². The van der Waals surface area contributed by atoms with Gasteiger partial charge in [0.05, 0.1) is 0 Å². The van der Waals surface area contributed by atoms with E-state index in [-0.39, 0.29) is 0 Å². The first kappa shape index (κ1) is 23.4. The van der Waals surface area contributed by atoms with Crippen molar-refractivity contribution in [3.63, 3.8) is 0 Å². The molecule has 0 nitrogen and oxygen atoms in total. The second-order valence-electron chi connectivity index (χ2n) is 7.45. The van der Waals surface area contributed by atoms with Crippen molar-refractivity contribution in [2.75, 3.05) is 12.3 Å². The van der Waals surface area contributed by atoms with Crippen LogP contribution in [0, 0.1) is 0 Å². The highest BCUT2D eigenvalue weighted by Gasteiger charge is 2.19. The maximum absolute atomic E-state index is 2.40. The SMILES string of the molecule is CCCCCCCP(CCCCCCC)C(CCC)CCCC. The summed E-state index contributed by atoms with van der Waals surface area (Å²) in [4.78, 5) is 0. The first-order chi connectivity index (χ1) is 11.3. The van der Waals surface area contributed by atoms with Crippen molar-refractivity contribution in [1.29, 1.82) is 0 Å². The van der Waals surface area contributed by atoms with Crippen LogP contribution in [-0.2, 0) is 0 Å². The molecule has 0 bridgehead atoms. The molecule has 0 aromatic carbocycles. The smallest absolute Gasteiger partial charge is 0.0209 e. The van der Waals surface area contributed by atoms with Gasteiger partial charge in [-0.15, -0.1) is 7.92 Å². The lowest BCUT2D eigenvalue weighted by molar-refractivity contribution is 0.619. The summed E-state index contributed by atoms with van der Waals surface area (Å²) in [6, 6.07) is 0. The molecule has 0 amide bonds. The molecule has 1 atom stereocenters. The Morgan fingerprint density at radius 1 is 0.478 bits per heavy atom. The molecule has 0 radical (unpaired) electrons. The van der Waals surface area contributed by atoms with Gasteiger partial charge in [0, 0.05) is 0 Å². The largest absolute Gasteiger partial charge is 0.104 e. The van der Waals surface area contributed by atoms with Gasteiger partial charge in [-0.2, -0.15) is 0 Å². The Balaban J connectivity index is 4.24. The number of hydrogen-bond donors (Lipinski definition) is 0. The van der Waals surface area contributed by atoms with Crippen molar-refractivity contribution in [1.82, 2.24) is 0 Å². The quantitative estimate of drug-likeness (QED) is 0.172. The van der Waals surface area contributed by atoms with E-state index in [2.05, 4.69) is 27.7 Å². The van der Waals surface area contributed by atoms with Gasteiger partial charge in [0.15, 0.2) is 0 Å². The molecule has 0 saturated carbocycles. The lowest BCUT2D eigenvalue weighted by Crippen LogP contribution is -2.10. The van der Waals surface area contributed by atoms with Crippen LogP contribution in [0.15, 0.2) is 0 Å². The van der Waals surface area contributed by atoms with Crippen LogP contribution in [0.2, 0.25) is 0 Å². The molecule has 0 spiro atoms. The fourth-order valence-electron chi connectivity index (χ4n) is 3.60. The Kier molecular flexibility index (Phi) is 19.1. The highest BCUT2D eigenvalue weighted by molar-refractivity contribution is 7.58. The predicted octanol–water partition coefficient (Wildman–Crippen LogP) is 8.77. The standard InChI is InChI=1S/C22H47P/c1-5-9-12-14-16-20-23(21-17-15-13-10-6-2)22(18-8-4)19-11-7-3/h22H,5-21H2,1-4H3. The van der Waals surface area contributed by atoms with E-state index in [1.807, 2.05) is 0 Å². The topological polar surface area (TPSA) is 0 Å². The molecule has 0 aromatic heterocycles. The van der Waals surface area contributed by atoms with Gasteiger partial charge in [-0.05, 0) is 43.7 Å². The van der Waals surface area contributed by atoms with Crippen LogP contribution >= 0.6 is 7.92 Å². The van der Waals surface area contributed by atoms with E-state index in [4.69, 9.17) is 0 Å². The van der Waals surface area contributed by atoms with Gasteiger partial charge < -0.3 is 0 Å². The van der Waals surface area contributed by atoms with Crippen LogP contribution in [-0.4, -0.2) is 18.0 Å². The van der Waals surface area contributed by atoms with Crippen molar-refractivity contribution in [3.8, 4) is 0 Å². The normalized spacial score (nSPS) is 12.9. The van der Waals surface area contributed by atoms with E-state index in [1.165, 1.54) is 96.3 Å². The Labute approximate surface area is 150 Å². The summed E-state index contributed by atoms with van der Waals surface area (Å²) in [5, 5.41) is 0. The molecule has 0 aliphatic rings. The van der Waals surface area contributed by atoms with E-state index in [0.29, 0.717) is 7.92 Å². The molecule has 23 heavy (non-hydrogen) atoms. The molecule has 0 fully saturated rings. The summed E-state index contributed by atoms with van der Waals surface area (Å²) in [7, 11) is 0.317. The Hall–Kier alpha value is 0.430. The van der Waals surface area contributed by atoms with E-state index < -0.39 is 0 Å². The summed E-state index contributed by atoms with van der Waals surface area (Å²) >= 11 is 0. The van der Waals surface area contributed by atoms with Gasteiger partial charge in [-0.25, -0.2) is 0 Å². The zero-order chi connectivity index (χ0) is 17.2. The molecule has 1 unspecified atom stereocenters. The summed E-state index contributed by atoms with van der Waals surface area (Å²) in [6.45, 7) is 9.41. The second-order valence-corrected chi connectivity index (χ2v) is 10.3. The molecule has 140 valence electrons. The van der Waals surface area contributed by atoms with Gasteiger partial charge in [-0.3, -0.25) is 0 Å². The average Bonchev–Trinajstić information content (AvgIpc) is 2.56. The van der Waals surface area contributed by atoms with E-state index >= 15 is 0 Å². The van der Waals surface area contributed by atoms with Crippen molar-refractivity contribution < 1.29 is 0 Å².